The van der Waals surface area contributed by atoms with Crippen LogP contribution < -0.4 is 15.4 Å². The smallest absolute Gasteiger partial charge is 0.387 e. The Hall–Kier alpha value is -3.13. The largest absolute Gasteiger partial charge is 0.434 e. The van der Waals surface area contributed by atoms with Crippen molar-refractivity contribution in [2.24, 2.45) is 4.99 Å². The van der Waals surface area contributed by atoms with Crippen LogP contribution in [0, 0.1) is 0 Å². The molecule has 31 heavy (non-hydrogen) atoms. The number of aromatic nitrogens is 2. The minimum Gasteiger partial charge on any atom is -0.434 e. The number of nitrogens with zero attached hydrogens (tertiary/aromatic N) is 3. The number of guanidine groups is 1. The average molecular weight is 448 g/mol. The third-order valence-electron chi connectivity index (χ3n) is 4.40. The Morgan fingerprint density at radius 3 is 2.74 bits per heavy atom. The predicted octanol–water partition coefficient (Wildman–Crippen LogP) is 4.44. The second kappa shape index (κ2) is 11.3. The fourth-order valence-corrected chi connectivity index (χ4v) is 3.18. The molecule has 0 aliphatic carbocycles. The van der Waals surface area contributed by atoms with E-state index in [2.05, 4.69) is 42.0 Å². The van der Waals surface area contributed by atoms with Crippen molar-refractivity contribution in [3.05, 3.63) is 82.9 Å². The number of nitrogens with one attached hydrogen (secondary N) is 2. The molecule has 1 heterocycles. The summed E-state index contributed by atoms with van der Waals surface area (Å²) < 4.78 is 32.0. The molecule has 6 nitrogen and oxygen atoms in total. The number of rotatable bonds is 9. The monoisotopic (exact) mass is 447 g/mol. The van der Waals surface area contributed by atoms with Crippen molar-refractivity contribution >= 4 is 17.6 Å². The summed E-state index contributed by atoms with van der Waals surface area (Å²) in [4.78, 5) is 8.90. The highest BCUT2D eigenvalue weighted by Gasteiger charge is 2.11. The average Bonchev–Trinajstić information content (AvgIpc) is 3.19. The summed E-state index contributed by atoms with van der Waals surface area (Å²) in [5.74, 6) is 1.43. The van der Waals surface area contributed by atoms with Gasteiger partial charge in [0.2, 0.25) is 0 Å². The first-order valence-electron chi connectivity index (χ1n) is 9.84. The first-order chi connectivity index (χ1) is 15.0. The van der Waals surface area contributed by atoms with E-state index < -0.39 is 6.61 Å². The summed E-state index contributed by atoms with van der Waals surface area (Å²) in [6, 6.07) is 14.6. The van der Waals surface area contributed by atoms with Crippen LogP contribution >= 0.6 is 11.6 Å². The maximum atomic E-state index is 12.7. The van der Waals surface area contributed by atoms with Gasteiger partial charge < -0.3 is 19.9 Å². The zero-order valence-corrected chi connectivity index (χ0v) is 17.8. The molecule has 2 aromatic carbocycles. The number of benzene rings is 2. The Balaban J connectivity index is 1.68. The van der Waals surface area contributed by atoms with E-state index in [1.165, 1.54) is 17.7 Å². The highest BCUT2D eigenvalue weighted by Crippen LogP contribution is 2.25. The van der Waals surface area contributed by atoms with E-state index in [1.54, 1.807) is 12.3 Å². The topological polar surface area (TPSA) is 63.5 Å². The lowest BCUT2D eigenvalue weighted by atomic mass is 10.2. The number of hydrogen-bond acceptors (Lipinski definition) is 3. The van der Waals surface area contributed by atoms with Crippen molar-refractivity contribution in [3.63, 3.8) is 0 Å². The Labute approximate surface area is 184 Å². The molecule has 0 saturated heterocycles. The van der Waals surface area contributed by atoms with Gasteiger partial charge in [-0.1, -0.05) is 41.9 Å². The molecule has 2 N–H and O–H groups in total. The molecule has 0 aliphatic heterocycles. The third-order valence-corrected chi connectivity index (χ3v) is 4.64. The number of hydrogen-bond donors (Lipinski definition) is 2. The Morgan fingerprint density at radius 1 is 1.19 bits per heavy atom. The van der Waals surface area contributed by atoms with Crippen LogP contribution in [0.1, 0.15) is 23.9 Å². The fourth-order valence-electron chi connectivity index (χ4n) is 2.98. The van der Waals surface area contributed by atoms with E-state index in [4.69, 9.17) is 11.6 Å². The summed E-state index contributed by atoms with van der Waals surface area (Å²) >= 11 is 6.01. The van der Waals surface area contributed by atoms with E-state index in [0.29, 0.717) is 36.2 Å². The lowest BCUT2D eigenvalue weighted by Crippen LogP contribution is -2.37. The van der Waals surface area contributed by atoms with Crippen LogP contribution in [0.5, 0.6) is 5.75 Å². The molecular weight excluding hydrogens is 424 g/mol. The molecule has 0 amide bonds. The van der Waals surface area contributed by atoms with E-state index in [-0.39, 0.29) is 12.3 Å². The number of imidazole rings is 1. The highest BCUT2D eigenvalue weighted by molar-refractivity contribution is 6.30. The molecule has 0 radical (unpaired) electrons. The van der Waals surface area contributed by atoms with Gasteiger partial charge in [-0.05, 0) is 30.7 Å². The lowest BCUT2D eigenvalue weighted by molar-refractivity contribution is -0.0504. The molecule has 0 bridgehead atoms. The molecule has 0 saturated carbocycles. The van der Waals surface area contributed by atoms with Gasteiger partial charge in [0.15, 0.2) is 5.96 Å². The van der Waals surface area contributed by atoms with Crippen LogP contribution in [0.3, 0.4) is 0 Å². The van der Waals surface area contributed by atoms with Crippen LogP contribution in [0.4, 0.5) is 8.78 Å². The summed E-state index contributed by atoms with van der Waals surface area (Å²) in [5, 5.41) is 6.79. The van der Waals surface area contributed by atoms with Gasteiger partial charge in [-0.25, -0.2) is 9.98 Å². The second-order valence-corrected chi connectivity index (χ2v) is 7.07. The Morgan fingerprint density at radius 2 is 2.00 bits per heavy atom. The maximum absolute atomic E-state index is 12.7. The minimum absolute atomic E-state index is 0.0532. The standard InChI is InChI=1S/C22H24ClF2N5O/c1-2-26-22(28-13-17-12-18(23)8-9-19(17)31-21(24)25)29-14-20-27-10-11-30(20)15-16-6-4-3-5-7-16/h3-12,21H,2,13-15H2,1H3,(H2,26,28,29). The van der Waals surface area contributed by atoms with Crippen LogP contribution in [-0.4, -0.2) is 28.7 Å². The molecule has 3 aromatic rings. The molecule has 164 valence electrons. The zero-order chi connectivity index (χ0) is 22.1. The number of alkyl halides is 2. The van der Waals surface area contributed by atoms with Gasteiger partial charge in [0.25, 0.3) is 0 Å². The zero-order valence-electron chi connectivity index (χ0n) is 17.1. The SMILES string of the molecule is CCNC(=NCc1cc(Cl)ccc1OC(F)F)NCc1nccn1Cc1ccccc1. The first-order valence-corrected chi connectivity index (χ1v) is 10.2. The van der Waals surface area contributed by atoms with E-state index >= 15 is 0 Å². The molecule has 0 fully saturated rings. The van der Waals surface area contributed by atoms with Gasteiger partial charge in [-0.15, -0.1) is 0 Å². The van der Waals surface area contributed by atoms with Crippen molar-refractivity contribution in [2.75, 3.05) is 6.54 Å². The number of aliphatic imine (C=N–C) groups is 1. The van der Waals surface area contributed by atoms with E-state index in [1.807, 2.05) is 31.3 Å². The lowest BCUT2D eigenvalue weighted by Gasteiger charge is -2.14. The molecule has 0 spiro atoms. The molecule has 0 atom stereocenters. The molecule has 0 aliphatic rings. The summed E-state index contributed by atoms with van der Waals surface area (Å²) in [6.07, 6.45) is 3.68. The van der Waals surface area contributed by atoms with E-state index in [9.17, 15) is 8.78 Å². The number of ether oxygens (including phenoxy) is 1. The van der Waals surface area contributed by atoms with Crippen LogP contribution in [0.2, 0.25) is 5.02 Å². The van der Waals surface area contributed by atoms with Crippen LogP contribution in [0.15, 0.2) is 65.9 Å². The van der Waals surface area contributed by atoms with Crippen molar-refractivity contribution in [2.45, 2.75) is 33.2 Å². The molecular formula is C22H24ClF2N5O. The molecule has 9 heteroatoms. The van der Waals surface area contributed by atoms with E-state index in [0.717, 1.165) is 5.82 Å². The van der Waals surface area contributed by atoms with Gasteiger partial charge >= 0.3 is 6.61 Å². The number of halogens is 3. The minimum atomic E-state index is -2.92. The third kappa shape index (κ3) is 6.96. The van der Waals surface area contributed by atoms with Crippen molar-refractivity contribution in [3.8, 4) is 5.75 Å². The maximum Gasteiger partial charge on any atom is 0.387 e. The van der Waals surface area contributed by atoms with Crippen LogP contribution in [-0.2, 0) is 19.6 Å². The summed E-state index contributed by atoms with van der Waals surface area (Å²) in [7, 11) is 0. The van der Waals surface area contributed by atoms with Crippen molar-refractivity contribution in [1.82, 2.24) is 20.2 Å². The first kappa shape index (κ1) is 22.6. The van der Waals surface area contributed by atoms with Crippen molar-refractivity contribution in [1.29, 1.82) is 0 Å². The van der Waals surface area contributed by atoms with Crippen molar-refractivity contribution < 1.29 is 13.5 Å². The van der Waals surface area contributed by atoms with Gasteiger partial charge in [0.1, 0.15) is 11.6 Å². The summed E-state index contributed by atoms with van der Waals surface area (Å²) in [5.41, 5.74) is 1.64. The van der Waals surface area contributed by atoms with Gasteiger partial charge in [-0.3, -0.25) is 0 Å². The second-order valence-electron chi connectivity index (χ2n) is 6.64. The Bertz CT molecular complexity index is 995. The normalized spacial score (nSPS) is 11.6. The summed E-state index contributed by atoms with van der Waals surface area (Å²) in [6.45, 7) is 0.942. The molecule has 1 aromatic heterocycles. The van der Waals surface area contributed by atoms with Crippen LogP contribution in [0.25, 0.3) is 0 Å². The molecule has 3 rings (SSSR count). The van der Waals surface area contributed by atoms with Gasteiger partial charge in [-0.2, -0.15) is 8.78 Å². The quantitative estimate of drug-likeness (QED) is 0.376. The van der Waals surface area contributed by atoms with Gasteiger partial charge in [0.05, 0.1) is 13.1 Å². The molecule has 0 unspecified atom stereocenters. The fraction of sp³-hybridized carbons (Fsp3) is 0.273. The highest BCUT2D eigenvalue weighted by atomic mass is 35.5. The predicted molar refractivity (Wildman–Crippen MR) is 118 cm³/mol. The Kier molecular flexibility index (Phi) is 8.23. The van der Waals surface area contributed by atoms with Gasteiger partial charge in [0, 0.05) is 36.1 Å².